The van der Waals surface area contributed by atoms with Gasteiger partial charge in [0.05, 0.1) is 29.5 Å². The summed E-state index contributed by atoms with van der Waals surface area (Å²) in [6.45, 7) is 3.11. The fourth-order valence-electron chi connectivity index (χ4n) is 3.23. The molecule has 1 fully saturated rings. The van der Waals surface area contributed by atoms with Crippen LogP contribution in [0.4, 0.5) is 24.2 Å². The Bertz CT molecular complexity index is 1160. The third-order valence-electron chi connectivity index (χ3n) is 4.78. The van der Waals surface area contributed by atoms with Gasteiger partial charge in [-0.2, -0.15) is 0 Å². The second-order valence-electron chi connectivity index (χ2n) is 6.98. The fraction of sp³-hybridized carbons (Fsp3) is 0.368. The largest absolute Gasteiger partial charge is 0.573 e. The monoisotopic (exact) mass is 522 g/mol. The predicted octanol–water partition coefficient (Wildman–Crippen LogP) is 4.10. The molecule has 2 aromatic heterocycles. The van der Waals surface area contributed by atoms with Crippen molar-refractivity contribution in [3.8, 4) is 5.75 Å². The summed E-state index contributed by atoms with van der Waals surface area (Å²) in [7, 11) is 0. The van der Waals surface area contributed by atoms with E-state index < -0.39 is 28.8 Å². The summed E-state index contributed by atoms with van der Waals surface area (Å²) < 4.78 is 52.3. The number of alkyl halides is 3. The Hall–Kier alpha value is -2.94. The lowest BCUT2D eigenvalue weighted by molar-refractivity contribution is -0.402. The minimum Gasteiger partial charge on any atom is -0.406 e. The van der Waals surface area contributed by atoms with Gasteiger partial charge in [0.1, 0.15) is 10.7 Å². The van der Waals surface area contributed by atoms with Crippen LogP contribution in [0.3, 0.4) is 0 Å². The number of morpholine rings is 1. The van der Waals surface area contributed by atoms with Gasteiger partial charge in [-0.1, -0.05) is 11.3 Å². The average molecular weight is 523 g/mol. The van der Waals surface area contributed by atoms with E-state index in [0.717, 1.165) is 23.5 Å². The van der Waals surface area contributed by atoms with Crippen molar-refractivity contribution in [3.63, 3.8) is 0 Å². The summed E-state index contributed by atoms with van der Waals surface area (Å²) in [6, 6.07) is 5.96. The van der Waals surface area contributed by atoms with Gasteiger partial charge in [-0.25, -0.2) is 4.98 Å². The van der Waals surface area contributed by atoms with E-state index in [4.69, 9.17) is 9.15 Å². The topological polar surface area (TPSA) is 111 Å². The third kappa shape index (κ3) is 6.14. The molecule has 10 nitrogen and oxygen atoms in total. The molecular weight excluding hydrogens is 505 g/mol. The summed E-state index contributed by atoms with van der Waals surface area (Å²) in [4.78, 5) is 31.1. The van der Waals surface area contributed by atoms with Crippen LogP contribution >= 0.6 is 23.7 Å². The number of amides is 1. The highest BCUT2D eigenvalue weighted by Gasteiger charge is 2.31. The molecule has 0 spiro atoms. The number of aromatic nitrogens is 1. The van der Waals surface area contributed by atoms with Gasteiger partial charge in [-0.3, -0.25) is 24.7 Å². The van der Waals surface area contributed by atoms with Crippen LogP contribution < -0.4 is 9.64 Å². The van der Waals surface area contributed by atoms with Gasteiger partial charge in [0.15, 0.2) is 10.9 Å². The number of carbonyl (C=O) groups excluding carboxylic acids is 1. The Morgan fingerprint density at radius 3 is 2.65 bits per heavy atom. The van der Waals surface area contributed by atoms with E-state index in [9.17, 15) is 28.1 Å². The van der Waals surface area contributed by atoms with E-state index in [2.05, 4.69) is 14.6 Å². The van der Waals surface area contributed by atoms with E-state index in [0.29, 0.717) is 43.1 Å². The number of fused-ring (bicyclic) bond motifs is 1. The van der Waals surface area contributed by atoms with E-state index >= 15 is 0 Å². The highest BCUT2D eigenvalue weighted by atomic mass is 35.5. The highest BCUT2D eigenvalue weighted by Crippen LogP contribution is 2.34. The first kappa shape index (κ1) is 25.7. The van der Waals surface area contributed by atoms with Gasteiger partial charge in [0, 0.05) is 32.2 Å². The molecule has 184 valence electrons. The first-order valence-corrected chi connectivity index (χ1v) is 10.5. The van der Waals surface area contributed by atoms with Crippen LogP contribution in [0, 0.1) is 10.1 Å². The quantitative estimate of drug-likeness (QED) is 0.337. The maximum Gasteiger partial charge on any atom is 0.573 e. The lowest BCUT2D eigenvalue weighted by Crippen LogP contribution is -2.43. The maximum atomic E-state index is 13.1. The molecule has 15 heteroatoms. The fourth-order valence-corrected chi connectivity index (χ4v) is 4.25. The van der Waals surface area contributed by atoms with Crippen LogP contribution in [0.1, 0.15) is 10.6 Å². The number of hydrogen-bond acceptors (Lipinski definition) is 9. The molecule has 0 atom stereocenters. The Labute approximate surface area is 200 Å². The maximum absolute atomic E-state index is 13.1. The Morgan fingerprint density at radius 1 is 1.26 bits per heavy atom. The zero-order chi connectivity index (χ0) is 23.6. The smallest absolute Gasteiger partial charge is 0.406 e. The summed E-state index contributed by atoms with van der Waals surface area (Å²) in [5.41, 5.74) is 0.374. The van der Waals surface area contributed by atoms with Crippen LogP contribution in [0.25, 0.3) is 10.2 Å². The third-order valence-corrected chi connectivity index (χ3v) is 5.83. The van der Waals surface area contributed by atoms with Crippen molar-refractivity contribution < 1.29 is 36.8 Å². The van der Waals surface area contributed by atoms with Crippen LogP contribution in [0.5, 0.6) is 5.75 Å². The van der Waals surface area contributed by atoms with Gasteiger partial charge >= 0.3 is 12.2 Å². The first-order valence-electron chi connectivity index (χ1n) is 9.72. The lowest BCUT2D eigenvalue weighted by atomic mass is 10.3. The summed E-state index contributed by atoms with van der Waals surface area (Å²) in [6.07, 6.45) is -4.84. The van der Waals surface area contributed by atoms with Gasteiger partial charge in [0.2, 0.25) is 0 Å². The number of anilines is 1. The number of furan rings is 1. The molecule has 0 aliphatic carbocycles. The minimum atomic E-state index is -4.84. The van der Waals surface area contributed by atoms with Crippen LogP contribution in [-0.2, 0) is 4.74 Å². The molecule has 0 N–H and O–H groups in total. The second kappa shape index (κ2) is 10.5. The number of carbonyl (C=O) groups is 1. The molecule has 1 saturated heterocycles. The Morgan fingerprint density at radius 2 is 2.00 bits per heavy atom. The molecule has 1 aromatic carbocycles. The number of nitro groups is 1. The van der Waals surface area contributed by atoms with Crippen LogP contribution in [-0.4, -0.2) is 66.5 Å². The Balaban J connectivity index is 0.00000324. The highest BCUT2D eigenvalue weighted by molar-refractivity contribution is 7.22. The van der Waals surface area contributed by atoms with Gasteiger partial charge in [-0.15, -0.1) is 25.6 Å². The van der Waals surface area contributed by atoms with E-state index in [1.807, 2.05) is 0 Å². The molecule has 0 saturated carbocycles. The standard InChI is InChI=1S/C19H17F3N4O6S.ClH/c20-19(21,22)32-12-1-2-13-15(11-12)33-18(23-13)25(6-5-24-7-9-30-10-8-24)17(27)14-3-4-16(31-14)26(28)29;/h1-4,11H,5-10H2;1H. The number of benzene rings is 1. The molecule has 1 amide bonds. The van der Waals surface area contributed by atoms with Crippen molar-refractivity contribution in [2.45, 2.75) is 6.36 Å². The van der Waals surface area contributed by atoms with Crippen molar-refractivity contribution in [1.82, 2.24) is 9.88 Å². The molecule has 1 aliphatic heterocycles. The van der Waals surface area contributed by atoms with Crippen molar-refractivity contribution >= 4 is 50.9 Å². The molecule has 4 rings (SSSR count). The van der Waals surface area contributed by atoms with E-state index in [-0.39, 0.29) is 29.8 Å². The summed E-state index contributed by atoms with van der Waals surface area (Å²) in [5.74, 6) is -1.88. The lowest BCUT2D eigenvalue weighted by Gasteiger charge is -2.28. The van der Waals surface area contributed by atoms with Crippen LogP contribution in [0.2, 0.25) is 0 Å². The van der Waals surface area contributed by atoms with E-state index in [1.165, 1.54) is 23.1 Å². The molecular formula is C19H18ClF3N4O6S. The van der Waals surface area contributed by atoms with Crippen molar-refractivity contribution in [3.05, 3.63) is 46.2 Å². The van der Waals surface area contributed by atoms with Crippen molar-refractivity contribution in [2.24, 2.45) is 0 Å². The molecule has 34 heavy (non-hydrogen) atoms. The second-order valence-corrected chi connectivity index (χ2v) is 7.99. The van der Waals surface area contributed by atoms with Crippen molar-refractivity contribution in [2.75, 3.05) is 44.3 Å². The molecule has 0 unspecified atom stereocenters. The summed E-state index contributed by atoms with van der Waals surface area (Å²) in [5, 5.41) is 11.1. The molecule has 3 aromatic rings. The number of hydrogen-bond donors (Lipinski definition) is 0. The first-order chi connectivity index (χ1) is 15.7. The summed E-state index contributed by atoms with van der Waals surface area (Å²) >= 11 is 0.996. The average Bonchev–Trinajstić information content (AvgIpc) is 3.40. The molecule has 1 aliphatic rings. The molecule has 3 heterocycles. The number of ether oxygens (including phenoxy) is 2. The number of thiazole rings is 1. The number of rotatable bonds is 7. The zero-order valence-electron chi connectivity index (χ0n) is 17.3. The predicted molar refractivity (Wildman–Crippen MR) is 118 cm³/mol. The normalized spacial score (nSPS) is 14.6. The van der Waals surface area contributed by atoms with Gasteiger partial charge < -0.3 is 13.9 Å². The van der Waals surface area contributed by atoms with Gasteiger partial charge in [0.25, 0.3) is 5.91 Å². The number of nitrogens with zero attached hydrogens (tertiary/aromatic N) is 4. The molecule has 0 bridgehead atoms. The van der Waals surface area contributed by atoms with Crippen molar-refractivity contribution in [1.29, 1.82) is 0 Å². The zero-order valence-corrected chi connectivity index (χ0v) is 19.0. The van der Waals surface area contributed by atoms with Gasteiger partial charge in [-0.05, 0) is 18.2 Å². The SMILES string of the molecule is Cl.O=C(c1ccc([N+](=O)[O-])o1)N(CCN1CCOCC1)c1nc2ccc(OC(F)(F)F)cc2s1. The van der Waals surface area contributed by atoms with Crippen LogP contribution in [0.15, 0.2) is 34.7 Å². The number of halogens is 4. The van der Waals surface area contributed by atoms with E-state index in [1.54, 1.807) is 0 Å². The molecule has 0 radical (unpaired) electrons. The Kier molecular flexibility index (Phi) is 7.97. The minimum absolute atomic E-state index is 0.